The number of fused-ring (bicyclic) bond motifs is 1. The van der Waals surface area contributed by atoms with Crippen molar-refractivity contribution in [1.82, 2.24) is 15.3 Å². The van der Waals surface area contributed by atoms with E-state index < -0.39 is 0 Å². The zero-order valence-corrected chi connectivity index (χ0v) is 11.8. The molecule has 1 aromatic carbocycles. The van der Waals surface area contributed by atoms with E-state index in [1.807, 2.05) is 12.3 Å². The second kappa shape index (κ2) is 5.19. The molecule has 2 N–H and O–H groups in total. The third kappa shape index (κ3) is 2.26. The molecular formula is C18H17N3. The number of pyridine rings is 1. The van der Waals surface area contributed by atoms with Crippen LogP contribution in [-0.4, -0.2) is 23.1 Å². The number of nitrogens with one attached hydrogen (secondary N) is 2. The first-order valence-corrected chi connectivity index (χ1v) is 7.34. The fraction of sp³-hybridized carbons (Fsp3) is 0.167. The van der Waals surface area contributed by atoms with Crippen LogP contribution < -0.4 is 5.32 Å². The summed E-state index contributed by atoms with van der Waals surface area (Å²) in [5.74, 6) is 0. The molecule has 21 heavy (non-hydrogen) atoms. The molecule has 0 saturated carbocycles. The summed E-state index contributed by atoms with van der Waals surface area (Å²) in [6.45, 7) is 2.00. The van der Waals surface area contributed by atoms with Crippen molar-refractivity contribution in [1.29, 1.82) is 0 Å². The Labute approximate surface area is 123 Å². The number of aromatic nitrogens is 2. The van der Waals surface area contributed by atoms with Crippen LogP contribution in [0.3, 0.4) is 0 Å². The van der Waals surface area contributed by atoms with Crippen molar-refractivity contribution in [3.8, 4) is 11.1 Å². The van der Waals surface area contributed by atoms with E-state index in [1.165, 1.54) is 22.1 Å². The molecular weight excluding hydrogens is 258 g/mol. The van der Waals surface area contributed by atoms with Gasteiger partial charge in [-0.15, -0.1) is 0 Å². The molecule has 0 bridgehead atoms. The first kappa shape index (κ1) is 12.4. The summed E-state index contributed by atoms with van der Waals surface area (Å²) in [7, 11) is 0. The van der Waals surface area contributed by atoms with Gasteiger partial charge in [-0.2, -0.15) is 0 Å². The van der Waals surface area contributed by atoms with Gasteiger partial charge in [0.25, 0.3) is 0 Å². The Hall–Kier alpha value is -2.39. The molecule has 0 radical (unpaired) electrons. The highest BCUT2D eigenvalue weighted by Gasteiger charge is 2.12. The van der Waals surface area contributed by atoms with Crippen LogP contribution in [0.15, 0.2) is 54.9 Å². The van der Waals surface area contributed by atoms with Crippen LogP contribution in [0.2, 0.25) is 0 Å². The molecule has 1 aliphatic heterocycles. The van der Waals surface area contributed by atoms with Crippen LogP contribution in [0.25, 0.3) is 27.7 Å². The van der Waals surface area contributed by atoms with Gasteiger partial charge in [0.05, 0.1) is 0 Å². The third-order valence-corrected chi connectivity index (χ3v) is 4.01. The van der Waals surface area contributed by atoms with Crippen LogP contribution in [0.1, 0.15) is 12.0 Å². The predicted octanol–water partition coefficient (Wildman–Crippen LogP) is 3.61. The highest BCUT2D eigenvalue weighted by molar-refractivity contribution is 5.93. The maximum absolute atomic E-state index is 4.57. The number of hydrogen-bond donors (Lipinski definition) is 2. The van der Waals surface area contributed by atoms with E-state index in [0.717, 1.165) is 30.7 Å². The molecule has 1 aliphatic rings. The Bertz CT molecular complexity index is 800. The topological polar surface area (TPSA) is 40.7 Å². The summed E-state index contributed by atoms with van der Waals surface area (Å²) >= 11 is 0. The van der Waals surface area contributed by atoms with Crippen molar-refractivity contribution in [2.45, 2.75) is 6.42 Å². The summed E-state index contributed by atoms with van der Waals surface area (Å²) in [6.07, 6.45) is 7.43. The fourth-order valence-electron chi connectivity index (χ4n) is 2.91. The lowest BCUT2D eigenvalue weighted by Crippen LogP contribution is -2.21. The average Bonchev–Trinajstić information content (AvgIpc) is 2.99. The van der Waals surface area contributed by atoms with Gasteiger partial charge in [0.15, 0.2) is 0 Å². The van der Waals surface area contributed by atoms with Crippen molar-refractivity contribution in [2.75, 3.05) is 13.1 Å². The Morgan fingerprint density at radius 1 is 1.05 bits per heavy atom. The minimum atomic E-state index is 0.933. The second-order valence-corrected chi connectivity index (χ2v) is 5.38. The molecule has 3 nitrogen and oxygen atoms in total. The molecule has 104 valence electrons. The first-order valence-electron chi connectivity index (χ1n) is 7.34. The first-order chi connectivity index (χ1) is 10.4. The molecule has 0 atom stereocenters. The monoisotopic (exact) mass is 275 g/mol. The lowest BCUT2D eigenvalue weighted by atomic mass is 10.0. The van der Waals surface area contributed by atoms with E-state index in [-0.39, 0.29) is 0 Å². The van der Waals surface area contributed by atoms with Crippen molar-refractivity contribution in [3.05, 3.63) is 60.4 Å². The van der Waals surface area contributed by atoms with E-state index in [0.29, 0.717) is 0 Å². The molecule has 0 spiro atoms. The van der Waals surface area contributed by atoms with Gasteiger partial charge < -0.3 is 10.3 Å². The minimum absolute atomic E-state index is 0.933. The number of nitrogens with zero attached hydrogens (tertiary/aromatic N) is 1. The SMILES string of the molecule is C1=C(c2c[nH]c3ncc(-c4ccccc4)cc23)CNCC1. The quantitative estimate of drug-likeness (QED) is 0.750. The van der Waals surface area contributed by atoms with E-state index in [9.17, 15) is 0 Å². The van der Waals surface area contributed by atoms with Crippen LogP contribution in [0, 0.1) is 0 Å². The van der Waals surface area contributed by atoms with Gasteiger partial charge in [-0.25, -0.2) is 4.98 Å². The number of benzene rings is 1. The van der Waals surface area contributed by atoms with Crippen molar-refractivity contribution in [3.63, 3.8) is 0 Å². The summed E-state index contributed by atoms with van der Waals surface area (Å²) in [4.78, 5) is 7.85. The molecule has 2 aromatic heterocycles. The zero-order valence-electron chi connectivity index (χ0n) is 11.8. The van der Waals surface area contributed by atoms with Gasteiger partial charge in [0, 0.05) is 35.5 Å². The average molecular weight is 275 g/mol. The third-order valence-electron chi connectivity index (χ3n) is 4.01. The lowest BCUT2D eigenvalue weighted by molar-refractivity contribution is 0.739. The van der Waals surface area contributed by atoms with Crippen LogP contribution >= 0.6 is 0 Å². The number of rotatable bonds is 2. The standard InChI is InChI=1S/C18H17N3/c1-2-5-13(6-3-1)15-9-16-17(12-21-18(16)20-11-15)14-7-4-8-19-10-14/h1-3,5-7,9,11-12,19H,4,8,10H2,(H,20,21). The molecule has 3 heteroatoms. The molecule has 4 rings (SSSR count). The van der Waals surface area contributed by atoms with Crippen LogP contribution in [-0.2, 0) is 0 Å². The second-order valence-electron chi connectivity index (χ2n) is 5.38. The zero-order chi connectivity index (χ0) is 14.1. The van der Waals surface area contributed by atoms with E-state index >= 15 is 0 Å². The normalized spacial score (nSPS) is 15.1. The summed E-state index contributed by atoms with van der Waals surface area (Å²) < 4.78 is 0. The lowest BCUT2D eigenvalue weighted by Gasteiger charge is -2.13. The smallest absolute Gasteiger partial charge is 0.137 e. The highest BCUT2D eigenvalue weighted by Crippen LogP contribution is 2.29. The molecule has 0 amide bonds. The molecule has 0 fully saturated rings. The Balaban J connectivity index is 1.85. The largest absolute Gasteiger partial charge is 0.346 e. The van der Waals surface area contributed by atoms with E-state index in [1.54, 1.807) is 0 Å². The van der Waals surface area contributed by atoms with Gasteiger partial charge in [-0.3, -0.25) is 0 Å². The number of aromatic amines is 1. The molecule has 3 heterocycles. The van der Waals surface area contributed by atoms with Gasteiger partial charge in [-0.1, -0.05) is 36.4 Å². The van der Waals surface area contributed by atoms with Crippen molar-refractivity contribution >= 4 is 16.6 Å². The molecule has 3 aromatic rings. The van der Waals surface area contributed by atoms with Crippen LogP contribution in [0.4, 0.5) is 0 Å². The van der Waals surface area contributed by atoms with Gasteiger partial charge in [0.1, 0.15) is 5.65 Å². The summed E-state index contributed by atoms with van der Waals surface area (Å²) in [5, 5.41) is 4.63. The number of hydrogen-bond acceptors (Lipinski definition) is 2. The van der Waals surface area contributed by atoms with Gasteiger partial charge in [0.2, 0.25) is 0 Å². The van der Waals surface area contributed by atoms with Gasteiger partial charge >= 0.3 is 0 Å². The van der Waals surface area contributed by atoms with E-state index in [4.69, 9.17) is 0 Å². The predicted molar refractivity (Wildman–Crippen MR) is 87.0 cm³/mol. The molecule has 0 unspecified atom stereocenters. The highest BCUT2D eigenvalue weighted by atomic mass is 14.9. The maximum Gasteiger partial charge on any atom is 0.137 e. The number of H-pyrrole nitrogens is 1. The maximum atomic E-state index is 4.57. The minimum Gasteiger partial charge on any atom is -0.346 e. The summed E-state index contributed by atoms with van der Waals surface area (Å²) in [5.41, 5.74) is 5.95. The summed E-state index contributed by atoms with van der Waals surface area (Å²) in [6, 6.07) is 12.6. The molecule has 0 saturated heterocycles. The van der Waals surface area contributed by atoms with Crippen molar-refractivity contribution in [2.24, 2.45) is 0 Å². The van der Waals surface area contributed by atoms with Gasteiger partial charge in [-0.05, 0) is 30.2 Å². The van der Waals surface area contributed by atoms with E-state index in [2.05, 4.69) is 57.9 Å². The molecule has 0 aliphatic carbocycles. The Morgan fingerprint density at radius 3 is 2.76 bits per heavy atom. The fourth-order valence-corrected chi connectivity index (χ4v) is 2.91. The van der Waals surface area contributed by atoms with Crippen LogP contribution in [0.5, 0.6) is 0 Å². The Morgan fingerprint density at radius 2 is 1.95 bits per heavy atom. The van der Waals surface area contributed by atoms with Crippen molar-refractivity contribution < 1.29 is 0 Å². The Kier molecular flexibility index (Phi) is 3.05.